The third kappa shape index (κ3) is 2.29. The molecule has 0 saturated carbocycles. The maximum absolute atomic E-state index is 11.3. The van der Waals surface area contributed by atoms with Crippen LogP contribution in [0.5, 0.6) is 0 Å². The molecule has 1 N–H and O–H groups in total. The molecule has 0 amide bonds. The molecule has 71 valence electrons. The predicted molar refractivity (Wildman–Crippen MR) is 51.7 cm³/mol. The Balaban J connectivity index is 3.17. The molecule has 0 saturated heterocycles. The van der Waals surface area contributed by atoms with Crippen molar-refractivity contribution in [1.29, 1.82) is 0 Å². The van der Waals surface area contributed by atoms with Crippen molar-refractivity contribution in [2.24, 2.45) is 0 Å². The molecule has 0 fully saturated rings. The standard InChI is InChI=1S/C9H12NO2S/c1-3-8-5-4-6-9(7-8)13(11,12)10-2/h4-7,10H,1,3H2,2H3. The Morgan fingerprint density at radius 2 is 2.15 bits per heavy atom. The summed E-state index contributed by atoms with van der Waals surface area (Å²) in [7, 11) is -1.91. The number of hydrogen-bond donors (Lipinski definition) is 1. The quantitative estimate of drug-likeness (QED) is 0.786. The number of hydrogen-bond acceptors (Lipinski definition) is 2. The molecular weight excluding hydrogens is 186 g/mol. The van der Waals surface area contributed by atoms with E-state index in [2.05, 4.69) is 11.6 Å². The van der Waals surface area contributed by atoms with E-state index in [4.69, 9.17) is 0 Å². The van der Waals surface area contributed by atoms with E-state index >= 15 is 0 Å². The zero-order chi connectivity index (χ0) is 9.90. The monoisotopic (exact) mass is 198 g/mol. The fraction of sp³-hybridized carbons (Fsp3) is 0.222. The van der Waals surface area contributed by atoms with Crippen LogP contribution in [0.4, 0.5) is 0 Å². The molecule has 0 bridgehead atoms. The molecule has 3 nitrogen and oxygen atoms in total. The van der Waals surface area contributed by atoms with Crippen molar-refractivity contribution in [2.45, 2.75) is 11.3 Å². The second-order valence-corrected chi connectivity index (χ2v) is 4.49. The van der Waals surface area contributed by atoms with Gasteiger partial charge in [0.25, 0.3) is 0 Å². The fourth-order valence-corrected chi connectivity index (χ4v) is 1.79. The highest BCUT2D eigenvalue weighted by molar-refractivity contribution is 7.89. The van der Waals surface area contributed by atoms with Crippen LogP contribution in [0.25, 0.3) is 0 Å². The first kappa shape index (κ1) is 10.2. The second kappa shape index (κ2) is 3.89. The van der Waals surface area contributed by atoms with Crippen molar-refractivity contribution in [2.75, 3.05) is 7.05 Å². The Morgan fingerprint density at radius 1 is 1.46 bits per heavy atom. The van der Waals surface area contributed by atoms with Gasteiger partial charge in [-0.3, -0.25) is 0 Å². The van der Waals surface area contributed by atoms with Crippen LogP contribution in [0.2, 0.25) is 0 Å². The molecule has 0 atom stereocenters. The first-order chi connectivity index (χ1) is 6.10. The van der Waals surface area contributed by atoms with Gasteiger partial charge in [0.05, 0.1) is 4.90 Å². The smallest absolute Gasteiger partial charge is 0.214 e. The van der Waals surface area contributed by atoms with Crippen LogP contribution in [-0.2, 0) is 16.4 Å². The Kier molecular flexibility index (Phi) is 3.06. The summed E-state index contributed by atoms with van der Waals surface area (Å²) in [5.74, 6) is 0. The normalized spacial score (nSPS) is 11.5. The minimum Gasteiger partial charge on any atom is -0.214 e. The summed E-state index contributed by atoms with van der Waals surface area (Å²) in [5.41, 5.74) is 0.913. The van der Waals surface area contributed by atoms with Gasteiger partial charge in [-0.1, -0.05) is 12.1 Å². The molecule has 1 aromatic rings. The lowest BCUT2D eigenvalue weighted by molar-refractivity contribution is 0.588. The van der Waals surface area contributed by atoms with E-state index in [-0.39, 0.29) is 4.90 Å². The van der Waals surface area contributed by atoms with Crippen molar-refractivity contribution in [3.8, 4) is 0 Å². The highest BCUT2D eigenvalue weighted by Gasteiger charge is 2.10. The maximum atomic E-state index is 11.3. The topological polar surface area (TPSA) is 46.2 Å². The van der Waals surface area contributed by atoms with Gasteiger partial charge in [0, 0.05) is 0 Å². The van der Waals surface area contributed by atoms with E-state index in [9.17, 15) is 8.42 Å². The van der Waals surface area contributed by atoms with Gasteiger partial charge in [-0.15, -0.1) is 0 Å². The molecular formula is C9H12NO2S. The van der Waals surface area contributed by atoms with Crippen LogP contribution in [0.15, 0.2) is 29.2 Å². The van der Waals surface area contributed by atoms with Gasteiger partial charge in [-0.05, 0) is 38.1 Å². The van der Waals surface area contributed by atoms with E-state index < -0.39 is 10.0 Å². The second-order valence-electron chi connectivity index (χ2n) is 2.60. The van der Waals surface area contributed by atoms with Gasteiger partial charge in [-0.2, -0.15) is 0 Å². The first-order valence-corrected chi connectivity index (χ1v) is 5.40. The van der Waals surface area contributed by atoms with E-state index in [1.807, 2.05) is 6.07 Å². The van der Waals surface area contributed by atoms with Gasteiger partial charge in [0.2, 0.25) is 10.0 Å². The Labute approximate surface area is 78.8 Å². The molecule has 0 spiro atoms. The molecule has 4 heteroatoms. The fourth-order valence-electron chi connectivity index (χ4n) is 0.986. The Bertz CT molecular complexity index is 384. The van der Waals surface area contributed by atoms with E-state index in [1.54, 1.807) is 18.2 Å². The van der Waals surface area contributed by atoms with Crippen LogP contribution < -0.4 is 4.72 Å². The molecule has 0 aromatic heterocycles. The highest BCUT2D eigenvalue weighted by atomic mass is 32.2. The van der Waals surface area contributed by atoms with E-state index in [0.717, 1.165) is 5.56 Å². The van der Waals surface area contributed by atoms with Gasteiger partial charge < -0.3 is 0 Å². The molecule has 0 aliphatic heterocycles. The average Bonchev–Trinajstić information content (AvgIpc) is 2.18. The van der Waals surface area contributed by atoms with Crippen LogP contribution in [0.3, 0.4) is 0 Å². The zero-order valence-corrected chi connectivity index (χ0v) is 8.26. The summed E-state index contributed by atoms with van der Waals surface area (Å²) < 4.78 is 24.9. The summed E-state index contributed by atoms with van der Waals surface area (Å²) in [6.07, 6.45) is 0.590. The van der Waals surface area contributed by atoms with Gasteiger partial charge in [-0.25, -0.2) is 13.1 Å². The zero-order valence-electron chi connectivity index (χ0n) is 7.45. The summed E-state index contributed by atoms with van der Waals surface area (Å²) in [5, 5.41) is 0. The van der Waals surface area contributed by atoms with Crippen molar-refractivity contribution >= 4 is 10.0 Å². The van der Waals surface area contributed by atoms with Crippen LogP contribution >= 0.6 is 0 Å². The number of nitrogens with one attached hydrogen (secondary N) is 1. The number of sulfonamides is 1. The molecule has 0 aliphatic carbocycles. The van der Waals surface area contributed by atoms with Crippen LogP contribution in [-0.4, -0.2) is 15.5 Å². The van der Waals surface area contributed by atoms with Crippen molar-refractivity contribution in [3.63, 3.8) is 0 Å². The SMILES string of the molecule is [CH2]Cc1cccc(S(=O)(=O)NC)c1. The third-order valence-electron chi connectivity index (χ3n) is 1.77. The molecule has 0 unspecified atom stereocenters. The highest BCUT2D eigenvalue weighted by Crippen LogP contribution is 2.10. The largest absolute Gasteiger partial charge is 0.240 e. The van der Waals surface area contributed by atoms with E-state index in [0.29, 0.717) is 6.42 Å². The Morgan fingerprint density at radius 3 is 2.69 bits per heavy atom. The molecule has 1 radical (unpaired) electrons. The van der Waals surface area contributed by atoms with Gasteiger partial charge >= 0.3 is 0 Å². The Hall–Kier alpha value is -0.870. The van der Waals surface area contributed by atoms with Crippen LogP contribution in [0.1, 0.15) is 5.56 Å². The third-order valence-corrected chi connectivity index (χ3v) is 3.18. The van der Waals surface area contributed by atoms with Gasteiger partial charge in [0.15, 0.2) is 0 Å². The molecule has 13 heavy (non-hydrogen) atoms. The van der Waals surface area contributed by atoms with Crippen molar-refractivity contribution < 1.29 is 8.42 Å². The summed E-state index contributed by atoms with van der Waals surface area (Å²) in [6.45, 7) is 3.69. The minimum absolute atomic E-state index is 0.288. The van der Waals surface area contributed by atoms with Crippen molar-refractivity contribution in [1.82, 2.24) is 4.72 Å². The summed E-state index contributed by atoms with van der Waals surface area (Å²) in [4.78, 5) is 0.288. The van der Waals surface area contributed by atoms with Gasteiger partial charge in [0.1, 0.15) is 0 Å². The summed E-state index contributed by atoms with van der Waals surface area (Å²) >= 11 is 0. The van der Waals surface area contributed by atoms with Crippen LogP contribution in [0, 0.1) is 6.92 Å². The van der Waals surface area contributed by atoms with E-state index in [1.165, 1.54) is 7.05 Å². The minimum atomic E-state index is -3.31. The molecule has 1 aromatic carbocycles. The maximum Gasteiger partial charge on any atom is 0.240 e. The lowest BCUT2D eigenvalue weighted by Gasteiger charge is -2.03. The summed E-state index contributed by atoms with van der Waals surface area (Å²) in [6, 6.07) is 6.75. The number of benzene rings is 1. The molecule has 0 aliphatic rings. The average molecular weight is 198 g/mol. The number of rotatable bonds is 3. The lowest BCUT2D eigenvalue weighted by Crippen LogP contribution is -2.18. The lowest BCUT2D eigenvalue weighted by atomic mass is 10.2. The van der Waals surface area contributed by atoms with Crippen molar-refractivity contribution in [3.05, 3.63) is 36.8 Å². The molecule has 1 rings (SSSR count). The first-order valence-electron chi connectivity index (χ1n) is 3.92. The molecule has 0 heterocycles. The predicted octanol–water partition coefficient (Wildman–Crippen LogP) is 0.971.